The molecule has 136 valence electrons. The van der Waals surface area contributed by atoms with Crippen molar-refractivity contribution >= 4 is 11.8 Å². The Morgan fingerprint density at radius 3 is 2.81 bits per heavy atom. The van der Waals surface area contributed by atoms with Crippen molar-refractivity contribution in [2.75, 3.05) is 20.2 Å². The van der Waals surface area contributed by atoms with E-state index in [-0.39, 0.29) is 24.1 Å². The summed E-state index contributed by atoms with van der Waals surface area (Å²) in [5.41, 5.74) is 1.22. The van der Waals surface area contributed by atoms with Gasteiger partial charge in [-0.15, -0.1) is 0 Å². The Kier molecular flexibility index (Phi) is 5.51. The van der Waals surface area contributed by atoms with Crippen LogP contribution in [-0.2, 0) is 4.79 Å². The minimum absolute atomic E-state index is 0.0244. The fraction of sp³-hybridized carbons (Fsp3) is 0.300. The number of nitrogens with zero attached hydrogens (tertiary/aromatic N) is 1. The summed E-state index contributed by atoms with van der Waals surface area (Å²) in [4.78, 5) is 26.5. The molecule has 26 heavy (non-hydrogen) atoms. The highest BCUT2D eigenvalue weighted by molar-refractivity contribution is 5.96. The average Bonchev–Trinajstić information content (AvgIpc) is 3.16. The normalized spacial score (nSPS) is 16.4. The molecule has 5 nitrogen and oxygen atoms in total. The molecule has 2 amide bonds. The minimum atomic E-state index is -0.485. The van der Waals surface area contributed by atoms with Crippen LogP contribution in [0.5, 0.6) is 5.75 Å². The number of likely N-dealkylation sites (tertiary alicyclic amines) is 1. The molecule has 1 atom stereocenters. The summed E-state index contributed by atoms with van der Waals surface area (Å²) in [6.45, 7) is 0.534. The maximum Gasteiger partial charge on any atom is 0.251 e. The third kappa shape index (κ3) is 4.02. The lowest BCUT2D eigenvalue weighted by Crippen LogP contribution is -2.39. The molecular weight excluding hydrogens is 335 g/mol. The van der Waals surface area contributed by atoms with Gasteiger partial charge < -0.3 is 15.0 Å². The monoisotopic (exact) mass is 356 g/mol. The Hall–Kier alpha value is -2.89. The van der Waals surface area contributed by atoms with Gasteiger partial charge in [0.2, 0.25) is 5.91 Å². The van der Waals surface area contributed by atoms with Crippen molar-refractivity contribution in [1.29, 1.82) is 0 Å². The summed E-state index contributed by atoms with van der Waals surface area (Å²) in [6.07, 6.45) is 1.78. The van der Waals surface area contributed by atoms with Crippen molar-refractivity contribution in [3.63, 3.8) is 0 Å². The summed E-state index contributed by atoms with van der Waals surface area (Å²) < 4.78 is 18.5. The summed E-state index contributed by atoms with van der Waals surface area (Å²) in [7, 11) is 1.61. The maximum absolute atomic E-state index is 13.2. The second-order valence-corrected chi connectivity index (χ2v) is 6.21. The van der Waals surface area contributed by atoms with Gasteiger partial charge in [-0.2, -0.15) is 0 Å². The predicted octanol–water partition coefficient (Wildman–Crippen LogP) is 2.93. The van der Waals surface area contributed by atoms with E-state index in [1.54, 1.807) is 12.0 Å². The van der Waals surface area contributed by atoms with Gasteiger partial charge in [-0.05, 0) is 48.7 Å². The number of methoxy groups -OCH3 is 1. The number of hydrogen-bond donors (Lipinski definition) is 1. The number of ether oxygens (including phenoxy) is 1. The molecular formula is C20H21FN2O3. The molecule has 1 fully saturated rings. The molecule has 0 aromatic heterocycles. The van der Waals surface area contributed by atoms with Crippen LogP contribution in [0.2, 0.25) is 0 Å². The number of hydrogen-bond acceptors (Lipinski definition) is 3. The van der Waals surface area contributed by atoms with Gasteiger partial charge in [0.1, 0.15) is 11.6 Å². The van der Waals surface area contributed by atoms with Gasteiger partial charge in [0.05, 0.1) is 19.7 Å². The third-order valence-electron chi connectivity index (χ3n) is 4.54. The smallest absolute Gasteiger partial charge is 0.251 e. The molecule has 6 heteroatoms. The number of halogens is 1. The van der Waals surface area contributed by atoms with Gasteiger partial charge in [-0.3, -0.25) is 9.59 Å². The first-order chi connectivity index (χ1) is 12.6. The second kappa shape index (κ2) is 7.99. The van der Waals surface area contributed by atoms with Gasteiger partial charge in [0, 0.05) is 12.1 Å². The highest BCUT2D eigenvalue weighted by Crippen LogP contribution is 2.33. The highest BCUT2D eigenvalue weighted by Gasteiger charge is 2.30. The fourth-order valence-electron chi connectivity index (χ4n) is 3.25. The molecule has 0 saturated carbocycles. The molecule has 3 rings (SSSR count). The lowest BCUT2D eigenvalue weighted by atomic mass is 10.0. The third-order valence-corrected chi connectivity index (χ3v) is 4.54. The molecule has 2 aromatic rings. The Labute approximate surface area is 151 Å². The Morgan fingerprint density at radius 2 is 2.04 bits per heavy atom. The predicted molar refractivity (Wildman–Crippen MR) is 95.4 cm³/mol. The van der Waals surface area contributed by atoms with E-state index in [1.165, 1.54) is 18.2 Å². The van der Waals surface area contributed by atoms with Crippen LogP contribution in [0.3, 0.4) is 0 Å². The van der Waals surface area contributed by atoms with Gasteiger partial charge >= 0.3 is 0 Å². The van der Waals surface area contributed by atoms with Crippen LogP contribution in [0.25, 0.3) is 0 Å². The van der Waals surface area contributed by atoms with Gasteiger partial charge in [0.25, 0.3) is 5.91 Å². The van der Waals surface area contributed by atoms with Crippen LogP contribution in [0.4, 0.5) is 4.39 Å². The molecule has 1 aliphatic heterocycles. The number of rotatable bonds is 5. The van der Waals surface area contributed by atoms with Crippen LogP contribution in [0, 0.1) is 5.82 Å². The van der Waals surface area contributed by atoms with Crippen LogP contribution in [0.15, 0.2) is 48.5 Å². The fourth-order valence-corrected chi connectivity index (χ4v) is 3.25. The first-order valence-electron chi connectivity index (χ1n) is 8.55. The molecule has 0 spiro atoms. The average molecular weight is 356 g/mol. The number of carbonyl (C=O) groups excluding carboxylic acids is 2. The van der Waals surface area contributed by atoms with E-state index in [1.807, 2.05) is 24.3 Å². The number of carbonyl (C=O) groups is 2. The molecule has 0 radical (unpaired) electrons. The van der Waals surface area contributed by atoms with E-state index in [0.29, 0.717) is 6.54 Å². The van der Waals surface area contributed by atoms with Crippen molar-refractivity contribution in [3.8, 4) is 5.75 Å². The molecule has 0 bridgehead atoms. The number of amides is 2. The number of nitrogens with one attached hydrogen (secondary N) is 1. The molecule has 1 unspecified atom stereocenters. The minimum Gasteiger partial charge on any atom is -0.497 e. The maximum atomic E-state index is 13.2. The van der Waals surface area contributed by atoms with Crippen molar-refractivity contribution in [1.82, 2.24) is 10.2 Å². The van der Waals surface area contributed by atoms with Crippen molar-refractivity contribution in [2.24, 2.45) is 0 Å². The van der Waals surface area contributed by atoms with E-state index in [9.17, 15) is 14.0 Å². The highest BCUT2D eigenvalue weighted by atomic mass is 19.1. The first kappa shape index (κ1) is 17.9. The summed E-state index contributed by atoms with van der Waals surface area (Å²) in [5, 5.41) is 2.58. The van der Waals surface area contributed by atoms with Crippen molar-refractivity contribution in [3.05, 3.63) is 65.5 Å². The zero-order chi connectivity index (χ0) is 18.5. The lowest BCUT2D eigenvalue weighted by Gasteiger charge is -2.25. The topological polar surface area (TPSA) is 58.6 Å². The zero-order valence-corrected chi connectivity index (χ0v) is 14.6. The molecule has 1 heterocycles. The van der Waals surface area contributed by atoms with Crippen LogP contribution < -0.4 is 10.1 Å². The quantitative estimate of drug-likeness (QED) is 0.896. The van der Waals surface area contributed by atoms with Gasteiger partial charge in [-0.1, -0.05) is 18.2 Å². The molecule has 1 saturated heterocycles. The van der Waals surface area contributed by atoms with E-state index in [0.717, 1.165) is 30.2 Å². The molecule has 2 aromatic carbocycles. The summed E-state index contributed by atoms with van der Waals surface area (Å²) >= 11 is 0. The van der Waals surface area contributed by atoms with E-state index in [4.69, 9.17) is 4.74 Å². The van der Waals surface area contributed by atoms with Gasteiger partial charge in [-0.25, -0.2) is 4.39 Å². The summed E-state index contributed by atoms with van der Waals surface area (Å²) in [5.74, 6) is -0.349. The number of benzene rings is 2. The Balaban J connectivity index is 1.64. The van der Waals surface area contributed by atoms with Crippen LogP contribution in [0.1, 0.15) is 34.8 Å². The van der Waals surface area contributed by atoms with Crippen molar-refractivity contribution in [2.45, 2.75) is 18.9 Å². The first-order valence-corrected chi connectivity index (χ1v) is 8.55. The second-order valence-electron chi connectivity index (χ2n) is 6.21. The standard InChI is InChI=1S/C20H21FN2O3/c1-26-17-8-3-5-14(12-17)18-9-4-10-23(18)19(24)13-22-20(25)15-6-2-7-16(21)11-15/h2-3,5-8,11-12,18H,4,9-10,13H2,1H3,(H,22,25). The van der Waals surface area contributed by atoms with E-state index >= 15 is 0 Å². The summed E-state index contributed by atoms with van der Waals surface area (Å²) in [6, 6.07) is 13.0. The Morgan fingerprint density at radius 1 is 1.23 bits per heavy atom. The van der Waals surface area contributed by atoms with Crippen LogP contribution >= 0.6 is 0 Å². The largest absolute Gasteiger partial charge is 0.497 e. The Bertz CT molecular complexity index is 809. The van der Waals surface area contributed by atoms with Gasteiger partial charge in [0.15, 0.2) is 0 Å². The SMILES string of the molecule is COc1cccc(C2CCCN2C(=O)CNC(=O)c2cccc(F)c2)c1. The van der Waals surface area contributed by atoms with E-state index in [2.05, 4.69) is 5.32 Å². The molecule has 1 N–H and O–H groups in total. The van der Waals surface area contributed by atoms with E-state index < -0.39 is 11.7 Å². The van der Waals surface area contributed by atoms with Crippen molar-refractivity contribution < 1.29 is 18.7 Å². The molecule has 0 aliphatic carbocycles. The zero-order valence-electron chi connectivity index (χ0n) is 14.6. The lowest BCUT2D eigenvalue weighted by molar-refractivity contribution is -0.131. The molecule has 1 aliphatic rings. The van der Waals surface area contributed by atoms with Crippen LogP contribution in [-0.4, -0.2) is 36.9 Å².